The summed E-state index contributed by atoms with van der Waals surface area (Å²) < 4.78 is 4.54. The van der Waals surface area contributed by atoms with E-state index in [1.807, 2.05) is 0 Å². The summed E-state index contributed by atoms with van der Waals surface area (Å²) in [6, 6.07) is 4.33. The molecule has 20 heavy (non-hydrogen) atoms. The van der Waals surface area contributed by atoms with Crippen LogP contribution >= 0.6 is 0 Å². The van der Waals surface area contributed by atoms with Crippen LogP contribution in [-0.4, -0.2) is 28.7 Å². The quantitative estimate of drug-likeness (QED) is 0.515. The van der Waals surface area contributed by atoms with Crippen LogP contribution in [0.5, 0.6) is 0 Å². The number of H-pyrrole nitrogens is 2. The van der Waals surface area contributed by atoms with E-state index in [-0.39, 0.29) is 23.1 Å². The summed E-state index contributed by atoms with van der Waals surface area (Å²) in [5, 5.41) is 6.67. The molecule has 0 bridgehead atoms. The number of aromatic amines is 2. The lowest BCUT2D eigenvalue weighted by atomic mass is 10.1. The van der Waals surface area contributed by atoms with Crippen LogP contribution < -0.4 is 16.4 Å². The van der Waals surface area contributed by atoms with E-state index in [2.05, 4.69) is 20.3 Å². The van der Waals surface area contributed by atoms with Crippen LogP contribution in [0.4, 0.5) is 5.69 Å². The number of aromatic nitrogens is 2. The lowest BCUT2D eigenvalue weighted by Gasteiger charge is -2.06. The molecule has 0 aliphatic heterocycles. The Labute approximate surface area is 111 Å². The zero-order valence-corrected chi connectivity index (χ0v) is 10.5. The average Bonchev–Trinajstić information content (AvgIpc) is 2.43. The smallest absolute Gasteiger partial charge is 0.397 e. The molecule has 0 radical (unpaired) electrons. The Morgan fingerprint density at radius 1 is 1.20 bits per heavy atom. The molecule has 1 aromatic carbocycles. The largest absolute Gasteiger partial charge is 0.459 e. The molecule has 0 saturated carbocycles. The van der Waals surface area contributed by atoms with E-state index >= 15 is 0 Å². The van der Waals surface area contributed by atoms with Crippen molar-refractivity contribution in [1.29, 1.82) is 0 Å². The molecule has 1 heterocycles. The van der Waals surface area contributed by atoms with Gasteiger partial charge in [-0.15, -0.1) is 0 Å². The summed E-state index contributed by atoms with van der Waals surface area (Å²) in [5.41, 5.74) is -1.03. The van der Waals surface area contributed by atoms with Gasteiger partial charge >= 0.3 is 11.9 Å². The van der Waals surface area contributed by atoms with Crippen LogP contribution in [-0.2, 0) is 14.3 Å². The molecule has 1 amide bonds. The highest BCUT2D eigenvalue weighted by Gasteiger charge is 2.17. The SMILES string of the molecule is CCOC(=O)C(=O)Nc1cccc2c(=O)[nH][nH]c(=O)c12. The fourth-order valence-electron chi connectivity index (χ4n) is 1.70. The van der Waals surface area contributed by atoms with Gasteiger partial charge in [0.15, 0.2) is 0 Å². The van der Waals surface area contributed by atoms with Crippen LogP contribution in [0.2, 0.25) is 0 Å². The molecule has 2 rings (SSSR count). The standard InChI is InChI=1S/C12H11N3O5/c1-2-20-12(19)11(18)13-7-5-3-4-6-8(7)10(17)15-14-9(6)16/h3-5H,2H2,1H3,(H,13,18)(H,14,16)(H,15,17). The minimum Gasteiger partial charge on any atom is -0.459 e. The van der Waals surface area contributed by atoms with Gasteiger partial charge in [-0.1, -0.05) is 6.07 Å². The van der Waals surface area contributed by atoms with Gasteiger partial charge in [-0.2, -0.15) is 0 Å². The van der Waals surface area contributed by atoms with Gasteiger partial charge in [0.25, 0.3) is 11.1 Å². The second-order valence-electron chi connectivity index (χ2n) is 3.81. The summed E-state index contributed by atoms with van der Waals surface area (Å²) in [4.78, 5) is 46.1. The maximum Gasteiger partial charge on any atom is 0.397 e. The van der Waals surface area contributed by atoms with Gasteiger partial charge in [-0.25, -0.2) is 4.79 Å². The first-order chi connectivity index (χ1) is 9.54. The van der Waals surface area contributed by atoms with Crippen molar-refractivity contribution in [2.24, 2.45) is 0 Å². The second-order valence-corrected chi connectivity index (χ2v) is 3.81. The van der Waals surface area contributed by atoms with Gasteiger partial charge in [0.1, 0.15) is 0 Å². The predicted octanol–water partition coefficient (Wildman–Crippen LogP) is -0.282. The third kappa shape index (κ3) is 2.44. The first kappa shape index (κ1) is 13.5. The van der Waals surface area contributed by atoms with Crippen molar-refractivity contribution >= 4 is 28.3 Å². The molecule has 1 aromatic heterocycles. The Morgan fingerprint density at radius 2 is 1.90 bits per heavy atom. The second kappa shape index (κ2) is 5.39. The Morgan fingerprint density at radius 3 is 2.60 bits per heavy atom. The number of rotatable bonds is 2. The van der Waals surface area contributed by atoms with E-state index < -0.39 is 23.0 Å². The number of esters is 1. The molecular weight excluding hydrogens is 266 g/mol. The molecule has 0 atom stereocenters. The molecule has 104 valence electrons. The molecule has 8 heteroatoms. The van der Waals surface area contributed by atoms with Crippen molar-refractivity contribution in [3.05, 3.63) is 38.9 Å². The van der Waals surface area contributed by atoms with Crippen molar-refractivity contribution < 1.29 is 14.3 Å². The van der Waals surface area contributed by atoms with Crippen molar-refractivity contribution in [2.45, 2.75) is 6.92 Å². The fourth-order valence-corrected chi connectivity index (χ4v) is 1.70. The third-order valence-corrected chi connectivity index (χ3v) is 2.53. The molecule has 8 nitrogen and oxygen atoms in total. The van der Waals surface area contributed by atoms with E-state index in [1.54, 1.807) is 6.92 Å². The van der Waals surface area contributed by atoms with Crippen LogP contribution in [0.15, 0.2) is 27.8 Å². The monoisotopic (exact) mass is 277 g/mol. The van der Waals surface area contributed by atoms with E-state index in [1.165, 1.54) is 18.2 Å². The topological polar surface area (TPSA) is 121 Å². The highest BCUT2D eigenvalue weighted by atomic mass is 16.5. The number of ether oxygens (including phenoxy) is 1. The molecule has 2 aromatic rings. The Bertz CT molecular complexity index is 790. The lowest BCUT2D eigenvalue weighted by Crippen LogP contribution is -2.27. The number of benzene rings is 1. The van der Waals surface area contributed by atoms with E-state index in [4.69, 9.17) is 0 Å². The number of amides is 1. The molecule has 0 aliphatic carbocycles. The van der Waals surface area contributed by atoms with Crippen LogP contribution in [0, 0.1) is 0 Å². The molecule has 0 fully saturated rings. The molecule has 0 saturated heterocycles. The molecule has 0 unspecified atom stereocenters. The van der Waals surface area contributed by atoms with Crippen LogP contribution in [0.3, 0.4) is 0 Å². The average molecular weight is 277 g/mol. The Hall–Kier alpha value is -2.90. The van der Waals surface area contributed by atoms with Gasteiger partial charge in [-0.3, -0.25) is 24.6 Å². The Kier molecular flexibility index (Phi) is 3.65. The number of hydrogen-bond donors (Lipinski definition) is 3. The van der Waals surface area contributed by atoms with Gasteiger partial charge in [0.2, 0.25) is 0 Å². The van der Waals surface area contributed by atoms with E-state index in [0.29, 0.717) is 0 Å². The van der Waals surface area contributed by atoms with Crippen LogP contribution in [0.1, 0.15) is 6.92 Å². The molecule has 3 N–H and O–H groups in total. The van der Waals surface area contributed by atoms with Crippen molar-refractivity contribution in [1.82, 2.24) is 10.2 Å². The minimum atomic E-state index is -1.06. The zero-order chi connectivity index (χ0) is 14.7. The predicted molar refractivity (Wildman–Crippen MR) is 70.5 cm³/mol. The van der Waals surface area contributed by atoms with E-state index in [9.17, 15) is 19.2 Å². The first-order valence-corrected chi connectivity index (χ1v) is 5.76. The van der Waals surface area contributed by atoms with Crippen LogP contribution in [0.25, 0.3) is 10.8 Å². The van der Waals surface area contributed by atoms with Gasteiger partial charge in [0.05, 0.1) is 23.1 Å². The summed E-state index contributed by atoms with van der Waals surface area (Å²) in [5.74, 6) is -2.08. The number of nitrogens with one attached hydrogen (secondary N) is 3. The molecule has 0 spiro atoms. The van der Waals surface area contributed by atoms with Crippen molar-refractivity contribution in [3.63, 3.8) is 0 Å². The summed E-state index contributed by atoms with van der Waals surface area (Å²) in [6.45, 7) is 1.62. The molecular formula is C12H11N3O5. The minimum absolute atomic E-state index is 0.00565. The normalized spacial score (nSPS) is 10.2. The maximum absolute atomic E-state index is 11.7. The summed E-state index contributed by atoms with van der Waals surface area (Å²) in [7, 11) is 0. The number of fused-ring (bicyclic) bond motifs is 1. The number of hydrogen-bond acceptors (Lipinski definition) is 5. The van der Waals surface area contributed by atoms with Gasteiger partial charge in [0, 0.05) is 0 Å². The van der Waals surface area contributed by atoms with E-state index in [0.717, 1.165) is 0 Å². The number of carbonyl (C=O) groups is 2. The van der Waals surface area contributed by atoms with Gasteiger partial charge < -0.3 is 10.1 Å². The Balaban J connectivity index is 2.49. The number of anilines is 1. The van der Waals surface area contributed by atoms with Crippen molar-refractivity contribution in [2.75, 3.05) is 11.9 Å². The fraction of sp³-hybridized carbons (Fsp3) is 0.167. The number of carbonyl (C=O) groups excluding carboxylic acids is 2. The van der Waals surface area contributed by atoms with Gasteiger partial charge in [-0.05, 0) is 19.1 Å². The summed E-state index contributed by atoms with van der Waals surface area (Å²) in [6.07, 6.45) is 0. The maximum atomic E-state index is 11.7. The highest BCUT2D eigenvalue weighted by molar-refractivity contribution is 6.37. The third-order valence-electron chi connectivity index (χ3n) is 2.53. The highest BCUT2D eigenvalue weighted by Crippen LogP contribution is 2.16. The summed E-state index contributed by atoms with van der Waals surface area (Å²) >= 11 is 0. The lowest BCUT2D eigenvalue weighted by molar-refractivity contribution is -0.152. The molecule has 0 aliphatic rings. The first-order valence-electron chi connectivity index (χ1n) is 5.76. The zero-order valence-electron chi connectivity index (χ0n) is 10.5. The van der Waals surface area contributed by atoms with Crippen molar-refractivity contribution in [3.8, 4) is 0 Å².